The lowest BCUT2D eigenvalue weighted by Gasteiger charge is -2.03. The van der Waals surface area contributed by atoms with Crippen LogP contribution < -0.4 is 5.32 Å². The van der Waals surface area contributed by atoms with Gasteiger partial charge in [-0.1, -0.05) is 12.1 Å². The molecule has 0 saturated heterocycles. The number of nitro groups is 2. The number of aldehydes is 1. The van der Waals surface area contributed by atoms with Crippen LogP contribution in [-0.4, -0.2) is 16.1 Å². The van der Waals surface area contributed by atoms with Crippen LogP contribution in [0.25, 0.3) is 0 Å². The van der Waals surface area contributed by atoms with Crippen molar-refractivity contribution < 1.29 is 14.6 Å². The Labute approximate surface area is 94.5 Å². The van der Waals surface area contributed by atoms with E-state index in [0.717, 1.165) is 0 Å². The molecule has 2 unspecified atom stereocenters. The second-order valence-electron chi connectivity index (χ2n) is 3.51. The summed E-state index contributed by atoms with van der Waals surface area (Å²) in [6, 6.07) is 3.18. The van der Waals surface area contributed by atoms with Crippen molar-refractivity contribution in [2.45, 2.75) is 12.2 Å². The highest BCUT2D eigenvalue weighted by Crippen LogP contribution is 2.38. The predicted octanol–water partition coefficient (Wildman–Crippen LogP) is 0.713. The summed E-state index contributed by atoms with van der Waals surface area (Å²) in [6.07, 6.45) is -0.923. The highest BCUT2D eigenvalue weighted by atomic mass is 16.6. The number of hydrogen-bond acceptors (Lipinski definition) is 6. The topological polar surface area (TPSA) is 115 Å². The van der Waals surface area contributed by atoms with Crippen molar-refractivity contribution in [3.05, 3.63) is 49.6 Å². The number of nitrogens with one attached hydrogen (secondary N) is 1. The van der Waals surface area contributed by atoms with Crippen molar-refractivity contribution in [1.29, 1.82) is 0 Å². The normalized spacial score (nSPS) is 21.9. The summed E-state index contributed by atoms with van der Waals surface area (Å²) in [5.41, 5.74) is -0.100. The van der Waals surface area contributed by atoms with Crippen LogP contribution in [0.2, 0.25) is 0 Å². The van der Waals surface area contributed by atoms with Crippen LogP contribution in [0.5, 0.6) is 0 Å². The Morgan fingerprint density at radius 3 is 2.53 bits per heavy atom. The molecule has 1 aromatic rings. The molecule has 0 radical (unpaired) electrons. The van der Waals surface area contributed by atoms with E-state index in [9.17, 15) is 25.0 Å². The van der Waals surface area contributed by atoms with Gasteiger partial charge in [0.15, 0.2) is 0 Å². The van der Waals surface area contributed by atoms with Crippen LogP contribution in [0, 0.1) is 20.2 Å². The van der Waals surface area contributed by atoms with Gasteiger partial charge in [-0.3, -0.25) is 20.2 Å². The van der Waals surface area contributed by atoms with Crippen LogP contribution in [0.15, 0.2) is 18.2 Å². The summed E-state index contributed by atoms with van der Waals surface area (Å²) < 4.78 is 0. The van der Waals surface area contributed by atoms with Gasteiger partial charge in [-0.2, -0.15) is 0 Å². The minimum atomic E-state index is -1.42. The number of rotatable bonds is 3. The van der Waals surface area contributed by atoms with E-state index in [2.05, 4.69) is 5.32 Å². The molecule has 8 nitrogen and oxygen atoms in total. The maximum absolute atomic E-state index is 10.8. The van der Waals surface area contributed by atoms with Crippen molar-refractivity contribution in [3.63, 3.8) is 0 Å². The summed E-state index contributed by atoms with van der Waals surface area (Å²) in [5.74, 6) is 0. The molecule has 0 bridgehead atoms. The number of carbonyl (C=O) groups is 1. The van der Waals surface area contributed by atoms with E-state index in [0.29, 0.717) is 6.29 Å². The van der Waals surface area contributed by atoms with Crippen molar-refractivity contribution in [2.75, 3.05) is 0 Å². The Morgan fingerprint density at radius 2 is 2.00 bits per heavy atom. The molecule has 0 spiro atoms. The first kappa shape index (κ1) is 11.1. The van der Waals surface area contributed by atoms with Crippen molar-refractivity contribution in [1.82, 2.24) is 5.32 Å². The maximum atomic E-state index is 10.8. The SMILES string of the molecule is O=CC1NC([N+](=O)[O-])c2c1cccc2[N+](=O)[O-]. The smallest absolute Gasteiger partial charge is 0.299 e. The average molecular weight is 237 g/mol. The molecule has 17 heavy (non-hydrogen) atoms. The number of benzene rings is 1. The van der Waals surface area contributed by atoms with Crippen LogP contribution >= 0.6 is 0 Å². The molecule has 0 amide bonds. The fourth-order valence-electron chi connectivity index (χ4n) is 1.92. The third-order valence-corrected chi connectivity index (χ3v) is 2.61. The van der Waals surface area contributed by atoms with Gasteiger partial charge in [-0.15, -0.1) is 0 Å². The molecule has 2 rings (SSSR count). The molecule has 1 aromatic carbocycles. The van der Waals surface area contributed by atoms with Gasteiger partial charge < -0.3 is 4.79 Å². The molecule has 0 saturated carbocycles. The molecule has 1 aliphatic heterocycles. The molecule has 1 aliphatic rings. The number of fused-ring (bicyclic) bond motifs is 1. The molecule has 0 aliphatic carbocycles. The van der Waals surface area contributed by atoms with E-state index in [1.54, 1.807) is 0 Å². The minimum Gasteiger partial charge on any atom is -0.301 e. The van der Waals surface area contributed by atoms with Crippen LogP contribution in [-0.2, 0) is 4.79 Å². The van der Waals surface area contributed by atoms with Gasteiger partial charge in [0.1, 0.15) is 11.8 Å². The Bertz CT molecular complexity index is 515. The highest BCUT2D eigenvalue weighted by molar-refractivity contribution is 5.67. The van der Waals surface area contributed by atoms with E-state index < -0.39 is 22.1 Å². The fraction of sp³-hybridized carbons (Fsp3) is 0.222. The predicted molar refractivity (Wildman–Crippen MR) is 54.8 cm³/mol. The monoisotopic (exact) mass is 237 g/mol. The quantitative estimate of drug-likeness (QED) is 0.470. The number of nitrogens with zero attached hydrogens (tertiary/aromatic N) is 2. The average Bonchev–Trinajstić information content (AvgIpc) is 2.67. The minimum absolute atomic E-state index is 0.0420. The van der Waals surface area contributed by atoms with Crippen molar-refractivity contribution in [3.8, 4) is 0 Å². The molecule has 2 atom stereocenters. The summed E-state index contributed by atoms with van der Waals surface area (Å²) >= 11 is 0. The zero-order valence-electron chi connectivity index (χ0n) is 8.40. The Balaban J connectivity index is 2.64. The summed E-state index contributed by atoms with van der Waals surface area (Å²) in [6.45, 7) is 0. The largest absolute Gasteiger partial charge is 0.301 e. The van der Waals surface area contributed by atoms with Crippen molar-refractivity contribution in [2.24, 2.45) is 0 Å². The van der Waals surface area contributed by atoms with E-state index in [-0.39, 0.29) is 16.8 Å². The third kappa shape index (κ3) is 1.64. The third-order valence-electron chi connectivity index (χ3n) is 2.61. The van der Waals surface area contributed by atoms with Gasteiger partial charge in [0.05, 0.1) is 11.0 Å². The lowest BCUT2D eigenvalue weighted by Crippen LogP contribution is -2.24. The first-order chi connectivity index (χ1) is 8.06. The van der Waals surface area contributed by atoms with Crippen LogP contribution in [0.3, 0.4) is 0 Å². The number of hydrogen-bond donors (Lipinski definition) is 1. The second-order valence-corrected chi connectivity index (χ2v) is 3.51. The molecular formula is C9H7N3O5. The Kier molecular flexibility index (Phi) is 2.56. The maximum Gasteiger partial charge on any atom is 0.299 e. The first-order valence-corrected chi connectivity index (χ1v) is 4.68. The zero-order chi connectivity index (χ0) is 12.6. The van der Waals surface area contributed by atoms with E-state index in [1.807, 2.05) is 0 Å². The van der Waals surface area contributed by atoms with Crippen molar-refractivity contribution >= 4 is 12.0 Å². The molecule has 8 heteroatoms. The van der Waals surface area contributed by atoms with Gasteiger partial charge in [-0.05, 0) is 5.56 Å². The van der Waals surface area contributed by atoms with Gasteiger partial charge in [-0.25, -0.2) is 5.32 Å². The molecule has 0 aromatic heterocycles. The van der Waals surface area contributed by atoms with E-state index >= 15 is 0 Å². The second kappa shape index (κ2) is 3.91. The van der Waals surface area contributed by atoms with Crippen LogP contribution in [0.1, 0.15) is 23.3 Å². The lowest BCUT2D eigenvalue weighted by molar-refractivity contribution is -0.536. The zero-order valence-corrected chi connectivity index (χ0v) is 8.40. The van der Waals surface area contributed by atoms with Gasteiger partial charge >= 0.3 is 0 Å². The number of nitro benzene ring substituents is 1. The fourth-order valence-corrected chi connectivity index (χ4v) is 1.92. The van der Waals surface area contributed by atoms with Gasteiger partial charge in [0.25, 0.3) is 11.9 Å². The summed E-state index contributed by atoms with van der Waals surface area (Å²) in [4.78, 5) is 31.0. The standard InChI is InChI=1S/C9H7N3O5/c13-4-6-5-2-1-3-7(11(14)15)8(5)9(10-6)12(16)17/h1-4,6,9-10H. The molecular weight excluding hydrogens is 230 g/mol. The van der Waals surface area contributed by atoms with E-state index in [1.165, 1.54) is 18.2 Å². The van der Waals surface area contributed by atoms with Gasteiger partial charge in [0.2, 0.25) is 0 Å². The highest BCUT2D eigenvalue weighted by Gasteiger charge is 2.42. The Morgan fingerprint density at radius 1 is 1.29 bits per heavy atom. The molecule has 0 fully saturated rings. The molecule has 1 heterocycles. The lowest BCUT2D eigenvalue weighted by atomic mass is 10.0. The molecule has 1 N–H and O–H groups in total. The van der Waals surface area contributed by atoms with Crippen LogP contribution in [0.4, 0.5) is 5.69 Å². The van der Waals surface area contributed by atoms with E-state index in [4.69, 9.17) is 0 Å². The molecule has 88 valence electrons. The summed E-state index contributed by atoms with van der Waals surface area (Å²) in [7, 11) is 0. The first-order valence-electron chi connectivity index (χ1n) is 4.68. The Hall–Kier alpha value is -2.35. The van der Waals surface area contributed by atoms with Gasteiger partial charge in [0, 0.05) is 11.0 Å². The number of carbonyl (C=O) groups excluding carboxylic acids is 1. The summed E-state index contributed by atoms with van der Waals surface area (Å²) in [5, 5.41) is 24.0.